The highest BCUT2D eigenvalue weighted by atomic mass is 32.1. The molecule has 1 unspecified atom stereocenters. The lowest BCUT2D eigenvalue weighted by Crippen LogP contribution is -2.49. The lowest BCUT2D eigenvalue weighted by Gasteiger charge is -2.38. The van der Waals surface area contributed by atoms with Gasteiger partial charge in [0.15, 0.2) is 12.4 Å². The zero-order chi connectivity index (χ0) is 18.8. The van der Waals surface area contributed by atoms with E-state index < -0.39 is 6.17 Å². The first-order valence-electron chi connectivity index (χ1n) is 8.78. The first kappa shape index (κ1) is 17.6. The van der Waals surface area contributed by atoms with Gasteiger partial charge in [-0.15, -0.1) is 11.3 Å². The van der Waals surface area contributed by atoms with Crippen LogP contribution in [0.25, 0.3) is 0 Å². The number of rotatable bonds is 3. The van der Waals surface area contributed by atoms with Crippen molar-refractivity contribution in [1.29, 1.82) is 5.26 Å². The SMILES string of the molecule is N#CN(C(=O)C1CCNC1)[C@H]1c2scnc2CCN1C(=O)c1ccccn1. The molecule has 8 nitrogen and oxygen atoms in total. The highest BCUT2D eigenvalue weighted by Gasteiger charge is 2.42. The van der Waals surface area contributed by atoms with Crippen LogP contribution in [0.5, 0.6) is 0 Å². The van der Waals surface area contributed by atoms with Gasteiger partial charge < -0.3 is 10.2 Å². The van der Waals surface area contributed by atoms with Crippen molar-refractivity contribution in [2.24, 2.45) is 5.92 Å². The maximum atomic E-state index is 13.1. The second-order valence-electron chi connectivity index (χ2n) is 6.50. The van der Waals surface area contributed by atoms with E-state index in [1.165, 1.54) is 11.3 Å². The Kier molecular flexibility index (Phi) is 4.83. The van der Waals surface area contributed by atoms with Crippen molar-refractivity contribution in [3.63, 3.8) is 0 Å². The molecule has 0 saturated carbocycles. The molecule has 0 aliphatic carbocycles. The van der Waals surface area contributed by atoms with Crippen molar-refractivity contribution >= 4 is 23.2 Å². The summed E-state index contributed by atoms with van der Waals surface area (Å²) < 4.78 is 0. The number of amides is 2. The molecule has 2 aliphatic heterocycles. The van der Waals surface area contributed by atoms with Crippen molar-refractivity contribution in [3.05, 3.63) is 46.2 Å². The smallest absolute Gasteiger partial charge is 0.274 e. The molecule has 138 valence electrons. The fourth-order valence-corrected chi connectivity index (χ4v) is 4.50. The van der Waals surface area contributed by atoms with E-state index in [4.69, 9.17) is 0 Å². The topological polar surface area (TPSA) is 102 Å². The second kappa shape index (κ2) is 7.42. The number of aromatic nitrogens is 2. The minimum atomic E-state index is -0.770. The Morgan fingerprint density at radius 3 is 2.96 bits per heavy atom. The fraction of sp³-hybridized carbons (Fsp3) is 0.389. The Morgan fingerprint density at radius 1 is 1.37 bits per heavy atom. The van der Waals surface area contributed by atoms with Gasteiger partial charge in [-0.25, -0.2) is 9.88 Å². The number of hydrogen-bond acceptors (Lipinski definition) is 7. The molecule has 27 heavy (non-hydrogen) atoms. The predicted octanol–water partition coefficient (Wildman–Crippen LogP) is 1.15. The summed E-state index contributed by atoms with van der Waals surface area (Å²) in [5.74, 6) is -0.806. The van der Waals surface area contributed by atoms with Gasteiger partial charge in [-0.1, -0.05) is 6.07 Å². The van der Waals surface area contributed by atoms with Crippen LogP contribution in [0, 0.1) is 17.4 Å². The van der Waals surface area contributed by atoms with E-state index in [1.807, 2.05) is 6.19 Å². The van der Waals surface area contributed by atoms with E-state index in [-0.39, 0.29) is 17.7 Å². The lowest BCUT2D eigenvalue weighted by atomic mass is 10.0. The Labute approximate surface area is 160 Å². The van der Waals surface area contributed by atoms with Crippen LogP contribution in [0.4, 0.5) is 0 Å². The van der Waals surface area contributed by atoms with Gasteiger partial charge in [0.05, 0.1) is 22.0 Å². The van der Waals surface area contributed by atoms with Crippen LogP contribution in [0.1, 0.15) is 33.6 Å². The summed E-state index contributed by atoms with van der Waals surface area (Å²) >= 11 is 1.37. The predicted molar refractivity (Wildman–Crippen MR) is 97.3 cm³/mol. The molecule has 1 saturated heterocycles. The van der Waals surface area contributed by atoms with Crippen LogP contribution < -0.4 is 5.32 Å². The molecule has 1 N–H and O–H groups in total. The Balaban J connectivity index is 1.71. The summed E-state index contributed by atoms with van der Waals surface area (Å²) in [5.41, 5.74) is 2.83. The van der Waals surface area contributed by atoms with Gasteiger partial charge in [-0.2, -0.15) is 5.26 Å². The van der Waals surface area contributed by atoms with Crippen molar-refractivity contribution < 1.29 is 9.59 Å². The molecule has 1 fully saturated rings. The summed E-state index contributed by atoms with van der Waals surface area (Å²) in [4.78, 5) is 38.1. The van der Waals surface area contributed by atoms with Crippen LogP contribution in [-0.2, 0) is 11.2 Å². The minimum Gasteiger partial charge on any atom is -0.316 e. The largest absolute Gasteiger partial charge is 0.316 e. The summed E-state index contributed by atoms with van der Waals surface area (Å²) in [7, 11) is 0. The molecule has 9 heteroatoms. The van der Waals surface area contributed by atoms with E-state index in [0.717, 1.165) is 22.0 Å². The number of nitriles is 1. The summed E-state index contributed by atoms with van der Waals surface area (Å²) in [6.07, 6.45) is 4.10. The first-order chi connectivity index (χ1) is 13.2. The molecular formula is C18H18N6O2S. The van der Waals surface area contributed by atoms with Crippen LogP contribution >= 0.6 is 11.3 Å². The quantitative estimate of drug-likeness (QED) is 0.631. The molecule has 2 aromatic rings. The zero-order valence-electron chi connectivity index (χ0n) is 14.5. The maximum Gasteiger partial charge on any atom is 0.274 e. The first-order valence-corrected chi connectivity index (χ1v) is 9.66. The number of pyridine rings is 1. The van der Waals surface area contributed by atoms with Crippen molar-refractivity contribution in [3.8, 4) is 6.19 Å². The normalized spacial score (nSPS) is 21.4. The van der Waals surface area contributed by atoms with Gasteiger partial charge in [0, 0.05) is 25.7 Å². The van der Waals surface area contributed by atoms with Crippen LogP contribution in [0.15, 0.2) is 29.9 Å². The number of fused-ring (bicyclic) bond motifs is 1. The third kappa shape index (κ3) is 3.18. The highest BCUT2D eigenvalue weighted by molar-refractivity contribution is 7.09. The van der Waals surface area contributed by atoms with Crippen LogP contribution in [0.3, 0.4) is 0 Å². The zero-order valence-corrected chi connectivity index (χ0v) is 15.4. The van der Waals surface area contributed by atoms with Crippen LogP contribution in [-0.4, -0.2) is 51.2 Å². The van der Waals surface area contributed by atoms with Gasteiger partial charge in [0.25, 0.3) is 5.91 Å². The average Bonchev–Trinajstić information content (AvgIpc) is 3.40. The van der Waals surface area contributed by atoms with E-state index in [1.54, 1.807) is 34.8 Å². The molecule has 2 aromatic heterocycles. The number of carbonyl (C=O) groups is 2. The van der Waals surface area contributed by atoms with Gasteiger partial charge in [-0.05, 0) is 25.1 Å². The van der Waals surface area contributed by atoms with E-state index >= 15 is 0 Å². The maximum absolute atomic E-state index is 13.1. The van der Waals surface area contributed by atoms with Crippen LogP contribution in [0.2, 0.25) is 0 Å². The molecule has 2 atom stereocenters. The molecule has 4 rings (SSSR count). The Bertz CT molecular complexity index is 887. The molecule has 4 heterocycles. The molecule has 0 bridgehead atoms. The summed E-state index contributed by atoms with van der Waals surface area (Å²) in [6, 6.07) is 5.12. The molecule has 0 aromatic carbocycles. The molecule has 2 aliphatic rings. The lowest BCUT2D eigenvalue weighted by molar-refractivity contribution is -0.136. The van der Waals surface area contributed by atoms with Crippen molar-refractivity contribution in [2.75, 3.05) is 19.6 Å². The molecule has 2 amide bonds. The third-order valence-electron chi connectivity index (χ3n) is 4.94. The monoisotopic (exact) mass is 382 g/mol. The van der Waals surface area contributed by atoms with Crippen molar-refractivity contribution in [2.45, 2.75) is 19.0 Å². The Morgan fingerprint density at radius 2 is 2.26 bits per heavy atom. The molecule has 0 radical (unpaired) electrons. The highest BCUT2D eigenvalue weighted by Crippen LogP contribution is 2.36. The number of thiazole rings is 1. The minimum absolute atomic E-state index is 0.255. The Hall–Kier alpha value is -2.83. The fourth-order valence-electron chi connectivity index (χ4n) is 3.56. The van der Waals surface area contributed by atoms with Gasteiger partial charge >= 0.3 is 0 Å². The number of hydrogen-bond donors (Lipinski definition) is 1. The van der Waals surface area contributed by atoms with E-state index in [9.17, 15) is 14.9 Å². The van der Waals surface area contributed by atoms with E-state index in [0.29, 0.717) is 31.6 Å². The van der Waals surface area contributed by atoms with Gasteiger partial charge in [-0.3, -0.25) is 14.6 Å². The van der Waals surface area contributed by atoms with Gasteiger partial charge in [0.1, 0.15) is 5.69 Å². The summed E-state index contributed by atoms with van der Waals surface area (Å²) in [6.45, 7) is 1.68. The summed E-state index contributed by atoms with van der Waals surface area (Å²) in [5, 5.41) is 13.0. The third-order valence-corrected chi connectivity index (χ3v) is 5.85. The number of nitrogens with one attached hydrogen (secondary N) is 1. The number of nitrogens with zero attached hydrogens (tertiary/aromatic N) is 5. The van der Waals surface area contributed by atoms with Gasteiger partial charge in [0.2, 0.25) is 5.91 Å². The van der Waals surface area contributed by atoms with Crippen molar-refractivity contribution in [1.82, 2.24) is 25.1 Å². The standard InChI is InChI=1S/C18H18N6O2S/c19-10-24(17(25)12-4-7-20-9-12)16-15-13(22-11-27-15)5-8-23(16)18(26)14-3-1-2-6-21-14/h1-3,6,11-12,16,20H,4-5,7-9H2/t12?,16-/m0/s1. The molecular weight excluding hydrogens is 364 g/mol. The van der Waals surface area contributed by atoms with E-state index in [2.05, 4.69) is 15.3 Å². The molecule has 0 spiro atoms. The average molecular weight is 382 g/mol. The number of carbonyl (C=O) groups excluding carboxylic acids is 2. The second-order valence-corrected chi connectivity index (χ2v) is 7.38.